The van der Waals surface area contributed by atoms with Crippen LogP contribution in [0.4, 0.5) is 0 Å². The van der Waals surface area contributed by atoms with E-state index in [2.05, 4.69) is 27.8 Å². The molecule has 0 aromatic heterocycles. The van der Waals surface area contributed by atoms with Crippen molar-refractivity contribution in [2.75, 3.05) is 40.0 Å². The van der Waals surface area contributed by atoms with E-state index in [0.717, 1.165) is 58.1 Å². The zero-order valence-corrected chi connectivity index (χ0v) is 16.1. The monoisotopic (exact) mass is 363 g/mol. The molecule has 1 fully saturated rings. The molecule has 0 radical (unpaired) electrons. The van der Waals surface area contributed by atoms with Crippen LogP contribution in [0.5, 0.6) is 0 Å². The Morgan fingerprint density at radius 1 is 1.23 bits per heavy atom. The first-order valence-corrected chi connectivity index (χ1v) is 9.62. The smallest absolute Gasteiger partial charge is 0.191 e. The van der Waals surface area contributed by atoms with Gasteiger partial charge in [-0.05, 0) is 37.3 Å². The highest BCUT2D eigenvalue weighted by Crippen LogP contribution is 2.12. The summed E-state index contributed by atoms with van der Waals surface area (Å²) in [6, 6.07) is 8.32. The largest absolute Gasteiger partial charge is 0.379 e. The maximum absolute atomic E-state index is 5.68. The quantitative estimate of drug-likeness (QED) is 0.359. The third-order valence-corrected chi connectivity index (χ3v) is 4.34. The summed E-state index contributed by atoms with van der Waals surface area (Å²) in [5, 5.41) is 6.69. The molecule has 0 bridgehead atoms. The number of nitrogens with zero attached hydrogens (tertiary/aromatic N) is 1. The van der Waals surface area contributed by atoms with E-state index in [1.54, 1.807) is 7.05 Å². The Balaban J connectivity index is 1.61. The average molecular weight is 364 g/mol. The van der Waals surface area contributed by atoms with Crippen LogP contribution in [0.2, 0.25) is 0 Å². The molecule has 1 aromatic rings. The van der Waals surface area contributed by atoms with Crippen molar-refractivity contribution in [1.82, 2.24) is 10.6 Å². The molecule has 1 atom stereocenters. The van der Waals surface area contributed by atoms with Gasteiger partial charge in [0.2, 0.25) is 0 Å². The maximum Gasteiger partial charge on any atom is 0.191 e. The summed E-state index contributed by atoms with van der Waals surface area (Å²) >= 11 is 0. The predicted octanol–water partition coefficient (Wildman–Crippen LogP) is 2.47. The highest BCUT2D eigenvalue weighted by atomic mass is 16.5. The predicted molar refractivity (Wildman–Crippen MR) is 104 cm³/mol. The molecule has 1 aliphatic heterocycles. The molecule has 0 amide bonds. The number of aliphatic imine (C=N–C) groups is 1. The lowest BCUT2D eigenvalue weighted by Crippen LogP contribution is -2.37. The van der Waals surface area contributed by atoms with Crippen LogP contribution >= 0.6 is 0 Å². The van der Waals surface area contributed by atoms with E-state index in [-0.39, 0.29) is 0 Å². The van der Waals surface area contributed by atoms with Crippen LogP contribution in [0.1, 0.15) is 37.3 Å². The van der Waals surface area contributed by atoms with E-state index in [1.807, 2.05) is 19.1 Å². The van der Waals surface area contributed by atoms with Crippen molar-refractivity contribution in [3.8, 4) is 0 Å². The van der Waals surface area contributed by atoms with E-state index in [0.29, 0.717) is 19.3 Å². The number of guanidine groups is 1. The van der Waals surface area contributed by atoms with Gasteiger partial charge in [-0.1, -0.05) is 24.3 Å². The Bertz CT molecular complexity index is 531. The van der Waals surface area contributed by atoms with Gasteiger partial charge in [-0.25, -0.2) is 0 Å². The van der Waals surface area contributed by atoms with Gasteiger partial charge >= 0.3 is 0 Å². The van der Waals surface area contributed by atoms with Crippen LogP contribution in [-0.4, -0.2) is 52.1 Å². The van der Waals surface area contributed by atoms with Crippen LogP contribution in [-0.2, 0) is 27.4 Å². The SMILES string of the molecule is CCOCc1ccccc1CNC(=NC)NCCCOCC1CCCO1. The van der Waals surface area contributed by atoms with Gasteiger partial charge in [0.25, 0.3) is 0 Å². The fraction of sp³-hybridized carbons (Fsp3) is 0.650. The van der Waals surface area contributed by atoms with Crippen LogP contribution in [0, 0.1) is 0 Å². The number of hydrogen-bond donors (Lipinski definition) is 2. The van der Waals surface area contributed by atoms with Crippen molar-refractivity contribution >= 4 is 5.96 Å². The lowest BCUT2D eigenvalue weighted by molar-refractivity contribution is 0.0168. The molecule has 26 heavy (non-hydrogen) atoms. The molecule has 1 aliphatic rings. The topological polar surface area (TPSA) is 64.1 Å². The number of nitrogens with one attached hydrogen (secondary N) is 2. The lowest BCUT2D eigenvalue weighted by Gasteiger charge is -2.14. The number of rotatable bonds is 11. The second-order valence-electron chi connectivity index (χ2n) is 6.32. The zero-order valence-electron chi connectivity index (χ0n) is 16.1. The average Bonchev–Trinajstić information content (AvgIpc) is 3.19. The van der Waals surface area contributed by atoms with Crippen LogP contribution in [0.25, 0.3) is 0 Å². The van der Waals surface area contributed by atoms with Gasteiger partial charge in [-0.3, -0.25) is 4.99 Å². The van der Waals surface area contributed by atoms with Gasteiger partial charge in [0.05, 0.1) is 19.3 Å². The summed E-state index contributed by atoms with van der Waals surface area (Å²) in [6.45, 7) is 7.25. The molecular weight excluding hydrogens is 330 g/mol. The molecule has 146 valence electrons. The van der Waals surface area contributed by atoms with Crippen LogP contribution in [0.3, 0.4) is 0 Å². The lowest BCUT2D eigenvalue weighted by atomic mass is 10.1. The number of ether oxygens (including phenoxy) is 3. The molecule has 1 heterocycles. The van der Waals surface area contributed by atoms with Crippen molar-refractivity contribution < 1.29 is 14.2 Å². The minimum absolute atomic E-state index is 0.300. The summed E-state index contributed by atoms with van der Waals surface area (Å²) in [5.41, 5.74) is 2.43. The van der Waals surface area contributed by atoms with Crippen molar-refractivity contribution in [3.05, 3.63) is 35.4 Å². The molecule has 0 saturated carbocycles. The highest BCUT2D eigenvalue weighted by molar-refractivity contribution is 5.79. The molecule has 2 rings (SSSR count). The molecule has 0 aliphatic carbocycles. The van der Waals surface area contributed by atoms with E-state index in [4.69, 9.17) is 14.2 Å². The molecule has 1 aromatic carbocycles. The Morgan fingerprint density at radius 3 is 2.81 bits per heavy atom. The van der Waals surface area contributed by atoms with Gasteiger partial charge in [0, 0.05) is 40.0 Å². The van der Waals surface area contributed by atoms with Crippen molar-refractivity contribution in [2.45, 2.75) is 45.4 Å². The standard InChI is InChI=1S/C20H33N3O3/c1-3-24-15-18-9-5-4-8-17(18)14-23-20(21-2)22-11-7-12-25-16-19-10-6-13-26-19/h4-5,8-9,19H,3,6-7,10-16H2,1-2H3,(H2,21,22,23). The van der Waals surface area contributed by atoms with Crippen molar-refractivity contribution in [2.24, 2.45) is 4.99 Å². The number of benzene rings is 1. The summed E-state index contributed by atoms with van der Waals surface area (Å²) in [4.78, 5) is 4.28. The summed E-state index contributed by atoms with van der Waals surface area (Å²) in [6.07, 6.45) is 3.52. The fourth-order valence-electron chi connectivity index (χ4n) is 2.85. The van der Waals surface area contributed by atoms with Crippen molar-refractivity contribution in [3.63, 3.8) is 0 Å². The first-order valence-electron chi connectivity index (χ1n) is 9.62. The normalized spacial score (nSPS) is 17.5. The molecular formula is C20H33N3O3. The number of hydrogen-bond acceptors (Lipinski definition) is 4. The summed E-state index contributed by atoms with van der Waals surface area (Å²) in [7, 11) is 1.79. The minimum Gasteiger partial charge on any atom is -0.379 e. The molecule has 6 nitrogen and oxygen atoms in total. The van der Waals surface area contributed by atoms with Crippen LogP contribution < -0.4 is 10.6 Å². The third-order valence-electron chi connectivity index (χ3n) is 4.34. The Labute approximate surface area is 157 Å². The Hall–Kier alpha value is -1.63. The molecule has 6 heteroatoms. The maximum atomic E-state index is 5.68. The fourth-order valence-corrected chi connectivity index (χ4v) is 2.85. The minimum atomic E-state index is 0.300. The van der Waals surface area contributed by atoms with E-state index in [9.17, 15) is 0 Å². The first-order chi connectivity index (χ1) is 12.8. The van der Waals surface area contributed by atoms with Crippen LogP contribution in [0.15, 0.2) is 29.3 Å². The van der Waals surface area contributed by atoms with Gasteiger partial charge < -0.3 is 24.8 Å². The van der Waals surface area contributed by atoms with E-state index in [1.165, 1.54) is 11.1 Å². The summed E-state index contributed by atoms with van der Waals surface area (Å²) < 4.78 is 16.8. The first kappa shape index (κ1) is 20.7. The third kappa shape index (κ3) is 7.72. The Kier molecular flexibility index (Phi) is 10.1. The molecule has 0 spiro atoms. The van der Waals surface area contributed by atoms with Crippen molar-refractivity contribution in [1.29, 1.82) is 0 Å². The summed E-state index contributed by atoms with van der Waals surface area (Å²) in [5.74, 6) is 0.801. The van der Waals surface area contributed by atoms with E-state index >= 15 is 0 Å². The second-order valence-corrected chi connectivity index (χ2v) is 6.32. The van der Waals surface area contributed by atoms with Gasteiger partial charge in [0.1, 0.15) is 0 Å². The Morgan fingerprint density at radius 2 is 2.08 bits per heavy atom. The molecule has 1 saturated heterocycles. The zero-order chi connectivity index (χ0) is 18.5. The molecule has 1 unspecified atom stereocenters. The van der Waals surface area contributed by atoms with Gasteiger partial charge in [-0.2, -0.15) is 0 Å². The van der Waals surface area contributed by atoms with Gasteiger partial charge in [-0.15, -0.1) is 0 Å². The second kappa shape index (κ2) is 12.7. The van der Waals surface area contributed by atoms with Gasteiger partial charge in [0.15, 0.2) is 5.96 Å². The highest BCUT2D eigenvalue weighted by Gasteiger charge is 2.14. The van der Waals surface area contributed by atoms with E-state index < -0.39 is 0 Å². The molecule has 2 N–H and O–H groups in total.